The van der Waals surface area contributed by atoms with Gasteiger partial charge in [0.2, 0.25) is 0 Å². The molecular weight excluding hydrogens is 323 g/mol. The second-order valence-corrected chi connectivity index (χ2v) is 4.50. The Morgan fingerprint density at radius 3 is 2.37 bits per heavy atom. The molecule has 0 unspecified atom stereocenters. The van der Waals surface area contributed by atoms with E-state index in [1.165, 1.54) is 25.2 Å². The van der Waals surface area contributed by atoms with Crippen LogP contribution in [0.3, 0.4) is 0 Å². The summed E-state index contributed by atoms with van der Waals surface area (Å²) < 4.78 is 40.2. The maximum absolute atomic E-state index is 13.6. The van der Waals surface area contributed by atoms with E-state index >= 15 is 0 Å². The summed E-state index contributed by atoms with van der Waals surface area (Å²) in [5, 5.41) is 5.17. The predicted octanol–water partition coefficient (Wildman–Crippen LogP) is 4.05. The average molecular weight is 332 g/mol. The van der Waals surface area contributed by atoms with Crippen LogP contribution in [0.2, 0.25) is 0 Å². The van der Waals surface area contributed by atoms with Crippen molar-refractivity contribution in [1.29, 1.82) is 0 Å². The van der Waals surface area contributed by atoms with E-state index in [4.69, 9.17) is 0 Å². The van der Waals surface area contributed by atoms with Gasteiger partial charge in [0.25, 0.3) is 0 Å². The van der Waals surface area contributed by atoms with Crippen molar-refractivity contribution in [2.75, 3.05) is 17.7 Å². The molecule has 0 fully saturated rings. The summed E-state index contributed by atoms with van der Waals surface area (Å²) in [7, 11) is 1.47. The van der Waals surface area contributed by atoms with E-state index in [9.17, 15) is 13.2 Å². The van der Waals surface area contributed by atoms with Crippen LogP contribution in [-0.4, -0.2) is 12.0 Å². The summed E-state index contributed by atoms with van der Waals surface area (Å²) >= 11 is 3.14. The fourth-order valence-corrected chi connectivity index (χ4v) is 1.90. The molecule has 2 N–H and O–H groups in total. The predicted molar refractivity (Wildman–Crippen MR) is 71.1 cm³/mol. The van der Waals surface area contributed by atoms with Crippen molar-refractivity contribution < 1.29 is 13.2 Å². The molecule has 100 valence electrons. The summed E-state index contributed by atoms with van der Waals surface area (Å²) in [5.41, 5.74) is 0.418. The quantitative estimate of drug-likeness (QED) is 0.891. The first-order valence-electron chi connectivity index (χ1n) is 5.27. The molecule has 0 bridgehead atoms. The van der Waals surface area contributed by atoms with Gasteiger partial charge in [0.05, 0.1) is 5.69 Å². The Labute approximate surface area is 116 Å². The van der Waals surface area contributed by atoms with Crippen molar-refractivity contribution >= 4 is 33.3 Å². The minimum atomic E-state index is -0.840. The van der Waals surface area contributed by atoms with Crippen LogP contribution in [0.5, 0.6) is 0 Å². The Bertz CT molecular complexity index is 619. The highest BCUT2D eigenvalue weighted by Gasteiger charge is 2.12. The number of rotatable bonds is 3. The van der Waals surface area contributed by atoms with Crippen molar-refractivity contribution in [2.24, 2.45) is 0 Å². The Hall–Kier alpha value is -1.76. The molecule has 0 atom stereocenters. The lowest BCUT2D eigenvalue weighted by atomic mass is 10.3. The lowest BCUT2D eigenvalue weighted by Gasteiger charge is -2.10. The monoisotopic (exact) mass is 331 g/mol. The standard InChI is InChI=1S/C12H9BrF3N3/c1-17-11-8(15)5-9(16)12(19-11)18-10-3-2-6(14)4-7(10)13/h2-5H,1H3,(H2,17,18,19). The number of nitrogens with zero attached hydrogens (tertiary/aromatic N) is 1. The topological polar surface area (TPSA) is 37.0 Å². The number of hydrogen-bond acceptors (Lipinski definition) is 3. The SMILES string of the molecule is CNc1nc(Nc2ccc(F)cc2Br)c(F)cc1F. The summed E-state index contributed by atoms with van der Waals surface area (Å²) in [6.45, 7) is 0. The van der Waals surface area contributed by atoms with E-state index in [1.54, 1.807) is 0 Å². The molecule has 1 heterocycles. The number of benzene rings is 1. The third kappa shape index (κ3) is 2.98. The normalized spacial score (nSPS) is 10.4. The minimum absolute atomic E-state index is 0.0814. The molecule has 19 heavy (non-hydrogen) atoms. The molecule has 1 aromatic carbocycles. The second kappa shape index (κ2) is 5.48. The molecule has 1 aromatic heterocycles. The van der Waals surface area contributed by atoms with Crippen molar-refractivity contribution in [3.05, 3.63) is 46.2 Å². The van der Waals surface area contributed by atoms with Gasteiger partial charge in [-0.05, 0) is 34.1 Å². The average Bonchev–Trinajstić information content (AvgIpc) is 2.35. The first kappa shape index (κ1) is 13.7. The molecule has 3 nitrogen and oxygen atoms in total. The number of halogens is 4. The van der Waals surface area contributed by atoms with E-state index in [2.05, 4.69) is 31.5 Å². The van der Waals surface area contributed by atoms with Crippen LogP contribution in [0.1, 0.15) is 0 Å². The summed E-state index contributed by atoms with van der Waals surface area (Å²) in [6, 6.07) is 4.58. The Balaban J connectivity index is 2.37. The first-order valence-corrected chi connectivity index (χ1v) is 6.06. The lowest BCUT2D eigenvalue weighted by molar-refractivity contribution is 0.580. The van der Waals surface area contributed by atoms with Gasteiger partial charge >= 0.3 is 0 Å². The van der Waals surface area contributed by atoms with Crippen LogP contribution < -0.4 is 10.6 Å². The van der Waals surface area contributed by atoms with Crippen molar-refractivity contribution in [1.82, 2.24) is 4.98 Å². The van der Waals surface area contributed by atoms with Gasteiger partial charge in [-0.1, -0.05) is 0 Å². The van der Waals surface area contributed by atoms with Crippen LogP contribution >= 0.6 is 15.9 Å². The zero-order valence-electron chi connectivity index (χ0n) is 9.77. The molecule has 0 amide bonds. The number of nitrogens with one attached hydrogen (secondary N) is 2. The van der Waals surface area contributed by atoms with Crippen LogP contribution in [0, 0.1) is 17.5 Å². The molecule has 0 aliphatic carbocycles. The van der Waals surface area contributed by atoms with E-state index in [1.807, 2.05) is 0 Å². The summed E-state index contributed by atoms with van der Waals surface area (Å²) in [5.74, 6) is -2.29. The fourth-order valence-electron chi connectivity index (χ4n) is 1.45. The van der Waals surface area contributed by atoms with E-state index in [0.717, 1.165) is 6.07 Å². The third-order valence-electron chi connectivity index (χ3n) is 2.35. The summed E-state index contributed by atoms with van der Waals surface area (Å²) in [4.78, 5) is 3.76. The maximum Gasteiger partial charge on any atom is 0.169 e. The van der Waals surface area contributed by atoms with Gasteiger partial charge in [-0.3, -0.25) is 0 Å². The van der Waals surface area contributed by atoms with Crippen LogP contribution in [-0.2, 0) is 0 Å². The minimum Gasteiger partial charge on any atom is -0.371 e. The van der Waals surface area contributed by atoms with Crippen LogP contribution in [0.4, 0.5) is 30.5 Å². The number of anilines is 3. The molecule has 7 heteroatoms. The zero-order valence-corrected chi connectivity index (χ0v) is 11.4. The van der Waals surface area contributed by atoms with Gasteiger partial charge in [-0.15, -0.1) is 0 Å². The van der Waals surface area contributed by atoms with Gasteiger partial charge < -0.3 is 10.6 Å². The molecule has 2 rings (SSSR count). The Morgan fingerprint density at radius 1 is 1.05 bits per heavy atom. The van der Waals surface area contributed by atoms with Crippen LogP contribution in [0.25, 0.3) is 0 Å². The summed E-state index contributed by atoms with van der Waals surface area (Å²) in [6.07, 6.45) is 0. The highest BCUT2D eigenvalue weighted by atomic mass is 79.9. The third-order valence-corrected chi connectivity index (χ3v) is 3.01. The van der Waals surface area contributed by atoms with Gasteiger partial charge in [-0.2, -0.15) is 0 Å². The van der Waals surface area contributed by atoms with E-state index in [-0.39, 0.29) is 11.6 Å². The molecular formula is C12H9BrF3N3. The molecule has 0 spiro atoms. The molecule has 2 aromatic rings. The highest BCUT2D eigenvalue weighted by molar-refractivity contribution is 9.10. The van der Waals surface area contributed by atoms with Crippen molar-refractivity contribution in [3.8, 4) is 0 Å². The second-order valence-electron chi connectivity index (χ2n) is 3.65. The molecule has 0 aliphatic rings. The molecule has 0 saturated carbocycles. The van der Waals surface area contributed by atoms with Gasteiger partial charge in [0.15, 0.2) is 23.3 Å². The first-order chi connectivity index (χ1) is 9.01. The van der Waals surface area contributed by atoms with Crippen molar-refractivity contribution in [3.63, 3.8) is 0 Å². The van der Waals surface area contributed by atoms with E-state index in [0.29, 0.717) is 10.2 Å². The van der Waals surface area contributed by atoms with Gasteiger partial charge in [0.1, 0.15) is 5.82 Å². The van der Waals surface area contributed by atoms with E-state index < -0.39 is 17.5 Å². The molecule has 0 aliphatic heterocycles. The fraction of sp³-hybridized carbons (Fsp3) is 0.0833. The number of hydrogen-bond donors (Lipinski definition) is 2. The number of aromatic nitrogens is 1. The lowest BCUT2D eigenvalue weighted by Crippen LogP contribution is -2.04. The van der Waals surface area contributed by atoms with Crippen LogP contribution in [0.15, 0.2) is 28.7 Å². The smallest absolute Gasteiger partial charge is 0.169 e. The Kier molecular flexibility index (Phi) is 3.94. The van der Waals surface area contributed by atoms with Gasteiger partial charge in [0, 0.05) is 17.6 Å². The molecule has 0 saturated heterocycles. The maximum atomic E-state index is 13.6. The molecule has 0 radical (unpaired) electrons. The largest absolute Gasteiger partial charge is 0.371 e. The van der Waals surface area contributed by atoms with Gasteiger partial charge in [-0.25, -0.2) is 18.2 Å². The highest BCUT2D eigenvalue weighted by Crippen LogP contribution is 2.28. The van der Waals surface area contributed by atoms with Crippen molar-refractivity contribution in [2.45, 2.75) is 0 Å². The zero-order chi connectivity index (χ0) is 14.0. The number of pyridine rings is 1. The Morgan fingerprint density at radius 2 is 1.74 bits per heavy atom.